The number of hydrogen-bond donors (Lipinski definition) is 3. The van der Waals surface area contributed by atoms with Crippen LogP contribution in [0, 0.1) is 0 Å². The fourth-order valence-electron chi connectivity index (χ4n) is 4.95. The molecule has 0 bridgehead atoms. The lowest BCUT2D eigenvalue weighted by molar-refractivity contribution is -0.397. The smallest absolute Gasteiger partial charge is 0.337 e. The van der Waals surface area contributed by atoms with Crippen LogP contribution in [0.3, 0.4) is 0 Å². The molecule has 15 nitrogen and oxygen atoms in total. The number of anilines is 1. The van der Waals surface area contributed by atoms with Crippen LogP contribution in [-0.2, 0) is 38.0 Å². The van der Waals surface area contributed by atoms with Crippen LogP contribution in [0.2, 0.25) is 0 Å². The van der Waals surface area contributed by atoms with Crippen molar-refractivity contribution in [3.05, 3.63) is 12.7 Å². The topological polar surface area (TPSA) is 200 Å². The summed E-state index contributed by atoms with van der Waals surface area (Å²) in [5.74, 6) is -3.82. The highest BCUT2D eigenvalue weighted by atomic mass is 16.7. The van der Waals surface area contributed by atoms with E-state index in [9.17, 15) is 19.8 Å². The van der Waals surface area contributed by atoms with Gasteiger partial charge in [0, 0.05) is 20.5 Å². The number of esters is 2. The fourth-order valence-corrected chi connectivity index (χ4v) is 4.95. The maximum Gasteiger partial charge on any atom is 0.337 e. The Morgan fingerprint density at radius 3 is 2.71 bits per heavy atom. The molecule has 35 heavy (non-hydrogen) atoms. The summed E-state index contributed by atoms with van der Waals surface area (Å²) in [6, 6.07) is 0. The van der Waals surface area contributed by atoms with Crippen LogP contribution in [0.4, 0.5) is 5.82 Å². The molecule has 3 aliphatic rings. The Hall–Kier alpha value is -2.95. The molecule has 0 radical (unpaired) electrons. The Morgan fingerprint density at radius 2 is 2.03 bits per heavy atom. The first-order valence-electron chi connectivity index (χ1n) is 10.8. The van der Waals surface area contributed by atoms with Crippen molar-refractivity contribution in [1.29, 1.82) is 0 Å². The van der Waals surface area contributed by atoms with E-state index in [-0.39, 0.29) is 12.2 Å². The van der Waals surface area contributed by atoms with Crippen LogP contribution >= 0.6 is 0 Å². The Bertz CT molecular complexity index is 1140. The Labute approximate surface area is 198 Å². The van der Waals surface area contributed by atoms with E-state index in [4.69, 9.17) is 34.2 Å². The quantitative estimate of drug-likeness (QED) is 0.394. The zero-order valence-corrected chi connectivity index (χ0v) is 19.0. The second-order valence-electron chi connectivity index (χ2n) is 8.51. The first kappa shape index (κ1) is 23.8. The van der Waals surface area contributed by atoms with Crippen molar-refractivity contribution < 1.29 is 48.2 Å². The average molecular weight is 495 g/mol. The largest absolute Gasteiger partial charge is 0.467 e. The Balaban J connectivity index is 1.50. The highest BCUT2D eigenvalue weighted by molar-refractivity contribution is 5.81. The van der Waals surface area contributed by atoms with Gasteiger partial charge in [0.15, 0.2) is 29.9 Å². The Kier molecular flexibility index (Phi) is 5.85. The summed E-state index contributed by atoms with van der Waals surface area (Å²) in [7, 11) is 2.56. The lowest BCUT2D eigenvalue weighted by Gasteiger charge is -2.52. The van der Waals surface area contributed by atoms with E-state index in [0.29, 0.717) is 11.2 Å². The van der Waals surface area contributed by atoms with Gasteiger partial charge >= 0.3 is 11.9 Å². The zero-order valence-electron chi connectivity index (χ0n) is 19.0. The molecule has 15 heteroatoms. The summed E-state index contributed by atoms with van der Waals surface area (Å²) in [5.41, 5.74) is 6.66. The van der Waals surface area contributed by atoms with Crippen molar-refractivity contribution in [1.82, 2.24) is 19.5 Å². The molecule has 0 saturated carbocycles. The van der Waals surface area contributed by atoms with Gasteiger partial charge in [0.2, 0.25) is 5.79 Å². The van der Waals surface area contributed by atoms with E-state index in [1.165, 1.54) is 19.8 Å². The predicted molar refractivity (Wildman–Crippen MR) is 111 cm³/mol. The van der Waals surface area contributed by atoms with Gasteiger partial charge in [0.1, 0.15) is 36.3 Å². The van der Waals surface area contributed by atoms with Gasteiger partial charge in [-0.3, -0.25) is 9.36 Å². The molecule has 0 spiro atoms. The SMILES string of the molecule is COC(=O)[C@@H]1O[C@H]2C[C@@H]3O[C@H](n4cnc5c(N)ncnc54)[C@@H](OC)[C@@H]3O[C@]2(O)[C@H](OC(C)=O)[C@H]1O. The number of imidazole rings is 1. The van der Waals surface area contributed by atoms with Gasteiger partial charge in [0.05, 0.1) is 19.5 Å². The number of hydrogen-bond acceptors (Lipinski definition) is 14. The zero-order chi connectivity index (χ0) is 25.1. The molecule has 2 aromatic rings. The lowest BCUT2D eigenvalue weighted by atomic mass is 9.84. The molecule has 3 saturated heterocycles. The van der Waals surface area contributed by atoms with Gasteiger partial charge in [-0.05, 0) is 0 Å². The van der Waals surface area contributed by atoms with Crippen molar-refractivity contribution in [3.63, 3.8) is 0 Å². The lowest BCUT2D eigenvalue weighted by Crippen LogP contribution is -2.73. The molecule has 9 atom stereocenters. The van der Waals surface area contributed by atoms with E-state index in [0.717, 1.165) is 14.0 Å². The van der Waals surface area contributed by atoms with Crippen molar-refractivity contribution in [2.24, 2.45) is 0 Å². The number of carbonyl (C=O) groups is 2. The van der Waals surface area contributed by atoms with E-state index in [1.807, 2.05) is 0 Å². The van der Waals surface area contributed by atoms with Gasteiger partial charge in [0.25, 0.3) is 0 Å². The number of methoxy groups -OCH3 is 2. The van der Waals surface area contributed by atoms with Crippen molar-refractivity contribution in [2.45, 2.75) is 68.1 Å². The summed E-state index contributed by atoms with van der Waals surface area (Å²) < 4.78 is 35.1. The molecule has 0 aliphatic carbocycles. The van der Waals surface area contributed by atoms with Crippen LogP contribution in [-0.4, -0.2) is 104 Å². The number of nitrogens with zero attached hydrogens (tertiary/aromatic N) is 4. The van der Waals surface area contributed by atoms with Gasteiger partial charge < -0.3 is 44.4 Å². The first-order chi connectivity index (χ1) is 16.7. The molecule has 4 N–H and O–H groups in total. The highest BCUT2D eigenvalue weighted by Crippen LogP contribution is 2.47. The Morgan fingerprint density at radius 1 is 1.26 bits per heavy atom. The number of ether oxygens (including phenoxy) is 6. The normalized spacial score (nSPS) is 38.5. The third-order valence-electron chi connectivity index (χ3n) is 6.52. The maximum absolute atomic E-state index is 12.2. The number of fused-ring (bicyclic) bond motifs is 3. The maximum atomic E-state index is 12.2. The van der Waals surface area contributed by atoms with Crippen molar-refractivity contribution in [3.8, 4) is 0 Å². The predicted octanol–water partition coefficient (Wildman–Crippen LogP) is -1.97. The highest BCUT2D eigenvalue weighted by Gasteiger charge is 2.67. The number of rotatable bonds is 4. The van der Waals surface area contributed by atoms with Crippen LogP contribution in [0.25, 0.3) is 11.2 Å². The second-order valence-corrected chi connectivity index (χ2v) is 8.51. The second kappa shape index (κ2) is 8.61. The molecule has 3 fully saturated rings. The minimum atomic E-state index is -2.31. The number of aromatic nitrogens is 4. The molecule has 5 rings (SSSR count). The molecule has 190 valence electrons. The summed E-state index contributed by atoms with van der Waals surface area (Å²) in [5, 5.41) is 22.3. The minimum Gasteiger partial charge on any atom is -0.467 e. The van der Waals surface area contributed by atoms with Crippen LogP contribution < -0.4 is 5.73 Å². The fraction of sp³-hybridized carbons (Fsp3) is 0.650. The van der Waals surface area contributed by atoms with E-state index < -0.39 is 66.7 Å². The molecule has 3 aliphatic heterocycles. The minimum absolute atomic E-state index is 0.0132. The van der Waals surface area contributed by atoms with Crippen molar-refractivity contribution >= 4 is 28.9 Å². The van der Waals surface area contributed by atoms with Gasteiger partial charge in [-0.15, -0.1) is 0 Å². The molecule has 0 amide bonds. The van der Waals surface area contributed by atoms with E-state index >= 15 is 0 Å². The van der Waals surface area contributed by atoms with Gasteiger partial charge in [-0.1, -0.05) is 0 Å². The summed E-state index contributed by atoms with van der Waals surface area (Å²) in [4.78, 5) is 36.4. The van der Waals surface area contributed by atoms with Crippen molar-refractivity contribution in [2.75, 3.05) is 20.0 Å². The number of carbonyl (C=O) groups excluding carboxylic acids is 2. The molecular formula is C20H25N5O10. The molecular weight excluding hydrogens is 470 g/mol. The number of aliphatic hydroxyl groups excluding tert-OH is 1. The van der Waals surface area contributed by atoms with Crippen LogP contribution in [0.1, 0.15) is 19.6 Å². The molecule has 0 aromatic carbocycles. The summed E-state index contributed by atoms with van der Waals surface area (Å²) >= 11 is 0. The number of nitrogen functional groups attached to an aromatic ring is 1. The standard InChI is InChI=1S/C20H25N5O10/c1-7(26)32-15-11(27)13(19(28)31-3)34-9-4-8-12(35-20(9,15)29)14(30-2)18(33-8)25-6-24-10-16(21)22-5-23-17(10)25/h5-6,8-9,11-15,18,27,29H,4H2,1-3H3,(H2,21,22,23)/t8-,9-,11-,12+,13+,14-,15+,18-,20-/m0/s1. The van der Waals surface area contributed by atoms with E-state index in [1.54, 1.807) is 4.57 Å². The molecule has 5 heterocycles. The van der Waals surface area contributed by atoms with Gasteiger partial charge in [-0.2, -0.15) is 0 Å². The monoisotopic (exact) mass is 495 g/mol. The first-order valence-corrected chi connectivity index (χ1v) is 10.8. The van der Waals surface area contributed by atoms with Crippen LogP contribution in [0.5, 0.6) is 0 Å². The molecule has 2 aromatic heterocycles. The summed E-state index contributed by atoms with van der Waals surface area (Å²) in [6.45, 7) is 1.10. The van der Waals surface area contributed by atoms with Crippen LogP contribution in [0.15, 0.2) is 12.7 Å². The summed E-state index contributed by atoms with van der Waals surface area (Å²) in [6.07, 6.45) is -6.53. The third kappa shape index (κ3) is 3.62. The molecule has 0 unspecified atom stereocenters. The average Bonchev–Trinajstić information content (AvgIpc) is 3.40. The number of aliphatic hydroxyl groups is 2. The third-order valence-corrected chi connectivity index (χ3v) is 6.52. The number of nitrogens with two attached hydrogens (primary N) is 1. The van der Waals surface area contributed by atoms with Gasteiger partial charge in [-0.25, -0.2) is 19.7 Å². The van der Waals surface area contributed by atoms with E-state index in [2.05, 4.69) is 15.0 Å².